The lowest BCUT2D eigenvalue weighted by Gasteiger charge is -2.32. The third-order valence-corrected chi connectivity index (χ3v) is 5.35. The summed E-state index contributed by atoms with van der Waals surface area (Å²) in [6.45, 7) is 0. The van der Waals surface area contributed by atoms with Crippen molar-refractivity contribution in [3.8, 4) is 11.5 Å². The molecule has 0 amide bonds. The van der Waals surface area contributed by atoms with Gasteiger partial charge in [0.05, 0.1) is 4.92 Å². The van der Waals surface area contributed by atoms with Crippen LogP contribution in [0, 0.1) is 15.9 Å². The topological polar surface area (TPSA) is 112 Å². The maximum atomic E-state index is 13.1. The predicted molar refractivity (Wildman–Crippen MR) is 107 cm³/mol. The number of nitro benzene ring substituents is 1. The molecule has 5 rings (SSSR count). The molecule has 0 spiro atoms. The van der Waals surface area contributed by atoms with Crippen molar-refractivity contribution in [3.63, 3.8) is 0 Å². The van der Waals surface area contributed by atoms with Gasteiger partial charge in [0.25, 0.3) is 0 Å². The molecule has 156 valence electrons. The van der Waals surface area contributed by atoms with E-state index in [-0.39, 0.29) is 23.0 Å². The van der Waals surface area contributed by atoms with E-state index < -0.39 is 16.8 Å². The van der Waals surface area contributed by atoms with Crippen molar-refractivity contribution < 1.29 is 18.8 Å². The molecular weight excluding hydrogens is 405 g/mol. The zero-order chi connectivity index (χ0) is 21.5. The molecule has 31 heavy (non-hydrogen) atoms. The zero-order valence-electron chi connectivity index (χ0n) is 16.1. The number of ketones is 1. The quantitative estimate of drug-likeness (QED) is 0.498. The number of hydrogen-bond acceptors (Lipinski definition) is 7. The number of aromatic nitrogens is 3. The van der Waals surface area contributed by atoms with Crippen LogP contribution in [-0.2, 0) is 4.79 Å². The van der Waals surface area contributed by atoms with Crippen LogP contribution in [0.3, 0.4) is 0 Å². The Balaban J connectivity index is 1.59. The number of anilines is 1. The Hall–Kier alpha value is -4.08. The van der Waals surface area contributed by atoms with Crippen molar-refractivity contribution in [3.05, 3.63) is 81.6 Å². The van der Waals surface area contributed by atoms with Gasteiger partial charge in [-0.1, -0.05) is 6.07 Å². The minimum Gasteiger partial charge on any atom is -0.450 e. The monoisotopic (exact) mass is 421 g/mol. The Morgan fingerprint density at radius 3 is 2.77 bits per heavy atom. The SMILES string of the molecule is O=C1CCCC2=C1[C@@H](c1ccc(Oc3ccc(F)cc3)c([N+](=O)[O-])c1)n1ncnc1N2. The molecule has 1 aliphatic heterocycles. The number of nitrogens with zero attached hydrogens (tertiary/aromatic N) is 4. The molecular formula is C21H16FN5O4. The van der Waals surface area contributed by atoms with Gasteiger partial charge in [0, 0.05) is 23.8 Å². The van der Waals surface area contributed by atoms with Crippen LogP contribution < -0.4 is 10.1 Å². The summed E-state index contributed by atoms with van der Waals surface area (Å²) in [6, 6.07) is 9.09. The average Bonchev–Trinajstić information content (AvgIpc) is 3.22. The number of nitrogens with one attached hydrogen (secondary N) is 1. The third kappa shape index (κ3) is 3.31. The highest BCUT2D eigenvalue weighted by atomic mass is 19.1. The van der Waals surface area contributed by atoms with Gasteiger partial charge in [-0.15, -0.1) is 0 Å². The number of hydrogen-bond donors (Lipinski definition) is 1. The van der Waals surface area contributed by atoms with Crippen molar-refractivity contribution in [2.24, 2.45) is 0 Å². The highest BCUT2D eigenvalue weighted by molar-refractivity contribution is 5.99. The molecule has 2 heterocycles. The number of nitro groups is 1. The fraction of sp³-hybridized carbons (Fsp3) is 0.190. The molecule has 3 aromatic rings. The van der Waals surface area contributed by atoms with E-state index >= 15 is 0 Å². The number of Topliss-reactive ketones (excluding diaryl/α,β-unsaturated/α-hetero) is 1. The Labute approximate surface area is 175 Å². The van der Waals surface area contributed by atoms with E-state index in [1.54, 1.807) is 10.7 Å². The number of carbonyl (C=O) groups excluding carboxylic acids is 1. The van der Waals surface area contributed by atoms with Gasteiger partial charge in [0.2, 0.25) is 11.7 Å². The second kappa shape index (κ2) is 7.31. The van der Waals surface area contributed by atoms with E-state index in [1.165, 1.54) is 42.7 Å². The summed E-state index contributed by atoms with van der Waals surface area (Å²) >= 11 is 0. The smallest absolute Gasteiger partial charge is 0.311 e. The van der Waals surface area contributed by atoms with E-state index in [4.69, 9.17) is 4.74 Å². The number of benzene rings is 2. The van der Waals surface area contributed by atoms with Crippen LogP contribution in [0.4, 0.5) is 16.0 Å². The number of allylic oxidation sites excluding steroid dienone is 2. The number of halogens is 1. The van der Waals surface area contributed by atoms with Crippen molar-refractivity contribution in [2.75, 3.05) is 5.32 Å². The Morgan fingerprint density at radius 2 is 2.00 bits per heavy atom. The van der Waals surface area contributed by atoms with Crippen LogP contribution in [-0.4, -0.2) is 25.5 Å². The summed E-state index contributed by atoms with van der Waals surface area (Å²) in [6.07, 6.45) is 3.21. The normalized spacial score (nSPS) is 17.6. The summed E-state index contributed by atoms with van der Waals surface area (Å²) in [5.74, 6) is 0.303. The second-order valence-corrected chi connectivity index (χ2v) is 7.26. The van der Waals surface area contributed by atoms with Gasteiger partial charge in [-0.2, -0.15) is 10.1 Å². The lowest BCUT2D eigenvalue weighted by molar-refractivity contribution is -0.385. The fourth-order valence-electron chi connectivity index (χ4n) is 3.97. The number of ether oxygens (including phenoxy) is 1. The zero-order valence-corrected chi connectivity index (χ0v) is 16.1. The largest absolute Gasteiger partial charge is 0.450 e. The first-order valence-corrected chi connectivity index (χ1v) is 9.66. The molecule has 0 saturated carbocycles. The van der Waals surface area contributed by atoms with Crippen LogP contribution in [0.1, 0.15) is 30.9 Å². The lowest BCUT2D eigenvalue weighted by atomic mass is 9.85. The maximum Gasteiger partial charge on any atom is 0.311 e. The van der Waals surface area contributed by atoms with E-state index in [0.29, 0.717) is 29.9 Å². The molecule has 0 saturated heterocycles. The van der Waals surface area contributed by atoms with Crippen molar-refractivity contribution in [1.82, 2.24) is 14.8 Å². The van der Waals surface area contributed by atoms with Crippen LogP contribution >= 0.6 is 0 Å². The van der Waals surface area contributed by atoms with Gasteiger partial charge in [-0.3, -0.25) is 14.9 Å². The third-order valence-electron chi connectivity index (χ3n) is 5.35. The van der Waals surface area contributed by atoms with Gasteiger partial charge >= 0.3 is 5.69 Å². The number of fused-ring (bicyclic) bond motifs is 1. The second-order valence-electron chi connectivity index (χ2n) is 7.26. The molecule has 1 aliphatic carbocycles. The molecule has 2 aromatic carbocycles. The standard InChI is InChI=1S/C21H16FN5O4/c22-13-5-7-14(8-6-13)31-18-9-4-12(10-16(18)27(29)30)20-19-15(2-1-3-17(19)28)25-21-23-11-24-26(20)21/h4-11,20H,1-3H2,(H,23,24,25)/t20-/m1/s1. The summed E-state index contributed by atoms with van der Waals surface area (Å²) < 4.78 is 20.3. The van der Waals surface area contributed by atoms with Crippen LogP contribution in [0.2, 0.25) is 0 Å². The highest BCUT2D eigenvalue weighted by Crippen LogP contribution is 2.42. The molecule has 10 heteroatoms. The number of carbonyl (C=O) groups is 1. The maximum absolute atomic E-state index is 13.1. The van der Waals surface area contributed by atoms with Crippen molar-refractivity contribution in [1.29, 1.82) is 0 Å². The first-order valence-electron chi connectivity index (χ1n) is 9.66. The molecule has 1 N–H and O–H groups in total. The molecule has 1 atom stereocenters. The minimum absolute atomic E-state index is 0.0114. The summed E-state index contributed by atoms with van der Waals surface area (Å²) in [5.41, 5.74) is 1.57. The lowest BCUT2D eigenvalue weighted by Crippen LogP contribution is -2.31. The van der Waals surface area contributed by atoms with Crippen molar-refractivity contribution >= 4 is 17.4 Å². The first-order chi connectivity index (χ1) is 15.0. The molecule has 9 nitrogen and oxygen atoms in total. The van der Waals surface area contributed by atoms with E-state index in [1.807, 2.05) is 0 Å². The molecule has 2 aliphatic rings. The number of rotatable bonds is 4. The Bertz CT molecular complexity index is 1230. The Kier molecular flexibility index (Phi) is 4.46. The summed E-state index contributed by atoms with van der Waals surface area (Å²) in [7, 11) is 0. The average molecular weight is 421 g/mol. The Morgan fingerprint density at radius 1 is 1.19 bits per heavy atom. The van der Waals surface area contributed by atoms with Crippen LogP contribution in [0.5, 0.6) is 11.5 Å². The van der Waals surface area contributed by atoms with E-state index in [9.17, 15) is 19.3 Å². The minimum atomic E-state index is -0.625. The fourth-order valence-corrected chi connectivity index (χ4v) is 3.97. The predicted octanol–water partition coefficient (Wildman–Crippen LogP) is 4.14. The molecule has 0 fully saturated rings. The van der Waals surface area contributed by atoms with Gasteiger partial charge in [-0.25, -0.2) is 9.07 Å². The van der Waals surface area contributed by atoms with Crippen molar-refractivity contribution in [2.45, 2.75) is 25.3 Å². The van der Waals surface area contributed by atoms with Crippen LogP contribution in [0.15, 0.2) is 60.1 Å². The van der Waals surface area contributed by atoms with E-state index in [2.05, 4.69) is 15.4 Å². The summed E-state index contributed by atoms with van der Waals surface area (Å²) in [5, 5.41) is 19.2. The highest BCUT2D eigenvalue weighted by Gasteiger charge is 2.37. The van der Waals surface area contributed by atoms with Gasteiger partial charge in [0.1, 0.15) is 23.9 Å². The molecule has 0 bridgehead atoms. The molecule has 0 unspecified atom stereocenters. The summed E-state index contributed by atoms with van der Waals surface area (Å²) in [4.78, 5) is 28.2. The molecule has 1 aromatic heterocycles. The van der Waals surface area contributed by atoms with E-state index in [0.717, 1.165) is 12.1 Å². The van der Waals surface area contributed by atoms with Gasteiger partial charge < -0.3 is 10.1 Å². The van der Waals surface area contributed by atoms with Crippen LogP contribution in [0.25, 0.3) is 0 Å². The first kappa shape index (κ1) is 18.9. The molecule has 0 radical (unpaired) electrons. The van der Waals surface area contributed by atoms with Gasteiger partial charge in [-0.05, 0) is 48.7 Å². The van der Waals surface area contributed by atoms with Gasteiger partial charge in [0.15, 0.2) is 5.78 Å².